The number of phenols is 1. The number of hydrogen-bond donors (Lipinski definition) is 2. The van der Waals surface area contributed by atoms with Gasteiger partial charge >= 0.3 is 0 Å². The largest absolute Gasteiger partial charge is 0.508 e. The minimum Gasteiger partial charge on any atom is -0.508 e. The molecule has 0 bridgehead atoms. The molecule has 1 saturated heterocycles. The van der Waals surface area contributed by atoms with Gasteiger partial charge in [0, 0.05) is 31.7 Å². The SMILES string of the molecule is CSCC[C@H](N)C(=O)N1CCN(C(=O)c2cccc(O)c2)CC1. The normalized spacial score (nSPS) is 16.3. The van der Waals surface area contributed by atoms with Gasteiger partial charge in [-0.15, -0.1) is 0 Å². The Morgan fingerprint density at radius 2 is 1.91 bits per heavy atom. The van der Waals surface area contributed by atoms with E-state index in [9.17, 15) is 14.7 Å². The van der Waals surface area contributed by atoms with Gasteiger partial charge in [-0.2, -0.15) is 11.8 Å². The summed E-state index contributed by atoms with van der Waals surface area (Å²) in [5, 5.41) is 9.47. The number of rotatable bonds is 5. The second-order valence-electron chi connectivity index (χ2n) is 5.56. The quantitative estimate of drug-likeness (QED) is 0.828. The average Bonchev–Trinajstić information content (AvgIpc) is 2.58. The van der Waals surface area contributed by atoms with Crippen LogP contribution in [0, 0.1) is 0 Å². The summed E-state index contributed by atoms with van der Waals surface area (Å²) in [4.78, 5) is 28.1. The maximum absolute atomic E-state index is 12.4. The van der Waals surface area contributed by atoms with Crippen LogP contribution in [0.5, 0.6) is 5.75 Å². The van der Waals surface area contributed by atoms with Gasteiger partial charge < -0.3 is 20.6 Å². The number of nitrogens with zero attached hydrogens (tertiary/aromatic N) is 2. The fourth-order valence-electron chi connectivity index (χ4n) is 2.55. The summed E-state index contributed by atoms with van der Waals surface area (Å²) in [6, 6.07) is 5.85. The summed E-state index contributed by atoms with van der Waals surface area (Å²) in [7, 11) is 0. The fourth-order valence-corrected chi connectivity index (χ4v) is 3.04. The van der Waals surface area contributed by atoms with E-state index in [1.54, 1.807) is 33.7 Å². The van der Waals surface area contributed by atoms with Crippen LogP contribution < -0.4 is 5.73 Å². The Balaban J connectivity index is 1.88. The molecule has 6 nitrogen and oxygen atoms in total. The lowest BCUT2D eigenvalue weighted by Gasteiger charge is -2.36. The topological polar surface area (TPSA) is 86.9 Å². The first kappa shape index (κ1) is 17.6. The standard InChI is InChI=1S/C16H23N3O3S/c1-23-10-5-14(17)16(22)19-8-6-18(7-9-19)15(21)12-3-2-4-13(20)11-12/h2-4,11,14,20H,5-10,17H2,1H3/t14-/m0/s1. The zero-order valence-corrected chi connectivity index (χ0v) is 14.1. The Kier molecular flexibility index (Phi) is 6.29. The number of thioether (sulfide) groups is 1. The number of hydrogen-bond acceptors (Lipinski definition) is 5. The molecule has 1 aliphatic heterocycles. The molecule has 0 aliphatic carbocycles. The smallest absolute Gasteiger partial charge is 0.254 e. The van der Waals surface area contributed by atoms with Crippen molar-refractivity contribution in [1.82, 2.24) is 9.80 Å². The van der Waals surface area contributed by atoms with E-state index in [0.29, 0.717) is 38.2 Å². The Morgan fingerprint density at radius 1 is 1.26 bits per heavy atom. The first-order chi connectivity index (χ1) is 11.0. The van der Waals surface area contributed by atoms with Crippen molar-refractivity contribution < 1.29 is 14.7 Å². The van der Waals surface area contributed by atoms with Crippen molar-refractivity contribution >= 4 is 23.6 Å². The molecule has 0 unspecified atom stereocenters. The van der Waals surface area contributed by atoms with Crippen molar-refractivity contribution in [3.63, 3.8) is 0 Å². The fraction of sp³-hybridized carbons (Fsp3) is 0.500. The van der Waals surface area contributed by atoms with E-state index < -0.39 is 6.04 Å². The maximum atomic E-state index is 12.4. The minimum absolute atomic E-state index is 0.0384. The van der Waals surface area contributed by atoms with Gasteiger partial charge in [-0.25, -0.2) is 0 Å². The number of carbonyl (C=O) groups excluding carboxylic acids is 2. The third-order valence-corrected chi connectivity index (χ3v) is 4.57. The van der Waals surface area contributed by atoms with Crippen molar-refractivity contribution in [3.05, 3.63) is 29.8 Å². The summed E-state index contributed by atoms with van der Waals surface area (Å²) in [6.07, 6.45) is 2.66. The van der Waals surface area contributed by atoms with Gasteiger partial charge in [-0.1, -0.05) is 6.07 Å². The highest BCUT2D eigenvalue weighted by molar-refractivity contribution is 7.98. The second-order valence-corrected chi connectivity index (χ2v) is 6.54. The molecule has 1 fully saturated rings. The van der Waals surface area contributed by atoms with Gasteiger partial charge in [0.05, 0.1) is 6.04 Å². The molecule has 7 heteroatoms. The molecule has 1 heterocycles. The summed E-state index contributed by atoms with van der Waals surface area (Å²) < 4.78 is 0. The van der Waals surface area contributed by atoms with E-state index in [1.165, 1.54) is 12.1 Å². The third kappa shape index (κ3) is 4.62. The van der Waals surface area contributed by atoms with Gasteiger partial charge in [-0.3, -0.25) is 9.59 Å². The van der Waals surface area contributed by atoms with Crippen LogP contribution in [0.4, 0.5) is 0 Å². The predicted octanol–water partition coefficient (Wildman–Crippen LogP) is 0.757. The first-order valence-corrected chi connectivity index (χ1v) is 9.04. The Morgan fingerprint density at radius 3 is 2.52 bits per heavy atom. The molecule has 23 heavy (non-hydrogen) atoms. The van der Waals surface area contributed by atoms with Crippen molar-refractivity contribution in [2.75, 3.05) is 38.2 Å². The minimum atomic E-state index is -0.462. The van der Waals surface area contributed by atoms with Crippen molar-refractivity contribution in [2.24, 2.45) is 5.73 Å². The van der Waals surface area contributed by atoms with Gasteiger partial charge in [0.2, 0.25) is 5.91 Å². The maximum Gasteiger partial charge on any atom is 0.254 e. The molecule has 0 radical (unpaired) electrons. The lowest BCUT2D eigenvalue weighted by atomic mass is 10.1. The Labute approximate surface area is 140 Å². The number of benzene rings is 1. The van der Waals surface area contributed by atoms with Crippen LogP contribution in [0.3, 0.4) is 0 Å². The van der Waals surface area contributed by atoms with Crippen molar-refractivity contribution in [2.45, 2.75) is 12.5 Å². The molecule has 126 valence electrons. The lowest BCUT2D eigenvalue weighted by Crippen LogP contribution is -2.54. The third-order valence-electron chi connectivity index (χ3n) is 3.92. The van der Waals surface area contributed by atoms with Gasteiger partial charge in [-0.05, 0) is 36.6 Å². The van der Waals surface area contributed by atoms with Crippen LogP contribution >= 0.6 is 11.8 Å². The van der Waals surface area contributed by atoms with E-state index in [1.807, 2.05) is 6.26 Å². The molecule has 1 aromatic rings. The van der Waals surface area contributed by atoms with Crippen molar-refractivity contribution in [3.8, 4) is 5.75 Å². The van der Waals surface area contributed by atoms with Crippen LogP contribution in [0.1, 0.15) is 16.8 Å². The molecular formula is C16H23N3O3S. The van der Waals surface area contributed by atoms with Crippen LogP contribution in [-0.2, 0) is 4.79 Å². The second kappa shape index (κ2) is 8.21. The van der Waals surface area contributed by atoms with E-state index >= 15 is 0 Å². The van der Waals surface area contributed by atoms with Gasteiger partial charge in [0.25, 0.3) is 5.91 Å². The molecule has 3 N–H and O–H groups in total. The number of phenolic OH excluding ortho intramolecular Hbond substituents is 1. The van der Waals surface area contributed by atoms with E-state index in [0.717, 1.165) is 5.75 Å². The molecule has 2 amide bonds. The van der Waals surface area contributed by atoms with Crippen molar-refractivity contribution in [1.29, 1.82) is 0 Å². The average molecular weight is 337 g/mol. The molecule has 1 atom stereocenters. The van der Waals surface area contributed by atoms with Crippen LogP contribution in [-0.4, -0.2) is 71.0 Å². The number of carbonyl (C=O) groups is 2. The zero-order valence-electron chi connectivity index (χ0n) is 13.3. The molecule has 0 saturated carbocycles. The monoisotopic (exact) mass is 337 g/mol. The molecule has 1 aromatic carbocycles. The number of nitrogens with two attached hydrogens (primary N) is 1. The molecule has 0 spiro atoms. The molecule has 1 aliphatic rings. The van der Waals surface area contributed by atoms with E-state index in [-0.39, 0.29) is 17.6 Å². The predicted molar refractivity (Wildman–Crippen MR) is 91.6 cm³/mol. The van der Waals surface area contributed by atoms with Gasteiger partial charge in [0.1, 0.15) is 5.75 Å². The van der Waals surface area contributed by atoms with Gasteiger partial charge in [0.15, 0.2) is 0 Å². The van der Waals surface area contributed by atoms with Crippen LogP contribution in [0.25, 0.3) is 0 Å². The molecular weight excluding hydrogens is 314 g/mol. The molecule has 2 rings (SSSR count). The highest BCUT2D eigenvalue weighted by atomic mass is 32.2. The number of amides is 2. The summed E-state index contributed by atoms with van der Waals surface area (Å²) >= 11 is 1.67. The summed E-state index contributed by atoms with van der Waals surface area (Å²) in [5.74, 6) is 0.774. The van der Waals surface area contributed by atoms with Crippen LogP contribution in [0.15, 0.2) is 24.3 Å². The van der Waals surface area contributed by atoms with E-state index in [4.69, 9.17) is 5.73 Å². The summed E-state index contributed by atoms with van der Waals surface area (Å²) in [6.45, 7) is 1.96. The Bertz CT molecular complexity index is 559. The Hall–Kier alpha value is -1.73. The number of piperazine rings is 1. The zero-order chi connectivity index (χ0) is 16.8. The number of aromatic hydroxyl groups is 1. The van der Waals surface area contributed by atoms with Crippen LogP contribution in [0.2, 0.25) is 0 Å². The highest BCUT2D eigenvalue weighted by Crippen LogP contribution is 2.15. The lowest BCUT2D eigenvalue weighted by molar-refractivity contribution is -0.134. The first-order valence-electron chi connectivity index (χ1n) is 7.64. The van der Waals surface area contributed by atoms with E-state index in [2.05, 4.69) is 0 Å². The molecule has 0 aromatic heterocycles. The summed E-state index contributed by atoms with van der Waals surface area (Å²) in [5.41, 5.74) is 6.38. The highest BCUT2D eigenvalue weighted by Gasteiger charge is 2.27.